The first-order chi connectivity index (χ1) is 12.2. The van der Waals surface area contributed by atoms with Gasteiger partial charge in [-0.05, 0) is 55.0 Å². The van der Waals surface area contributed by atoms with Gasteiger partial charge in [0, 0.05) is 11.4 Å². The molecule has 0 saturated carbocycles. The minimum Gasteiger partial charge on any atom is -0.489 e. The molecule has 0 fully saturated rings. The Hall–Kier alpha value is -2.96. The fourth-order valence-electron chi connectivity index (χ4n) is 2.04. The second-order valence-corrected chi connectivity index (χ2v) is 5.75. The number of anilines is 2. The Bertz CT molecular complexity index is 771. The third kappa shape index (κ3) is 6.16. The van der Waals surface area contributed by atoms with Crippen molar-refractivity contribution >= 4 is 17.3 Å². The van der Waals surface area contributed by atoms with Crippen LogP contribution in [-0.4, -0.2) is 19.1 Å². The van der Waals surface area contributed by atoms with Crippen molar-refractivity contribution in [3.63, 3.8) is 0 Å². The largest absolute Gasteiger partial charge is 0.489 e. The molecule has 0 heterocycles. The van der Waals surface area contributed by atoms with Crippen LogP contribution in [0.25, 0.3) is 0 Å². The Kier molecular flexibility index (Phi) is 6.27. The molecule has 0 unspecified atom stereocenters. The smallest absolute Gasteiger partial charge is 0.416 e. The van der Waals surface area contributed by atoms with Crippen LogP contribution in [0.15, 0.2) is 60.7 Å². The van der Waals surface area contributed by atoms with Crippen molar-refractivity contribution in [3.8, 4) is 5.75 Å². The van der Waals surface area contributed by atoms with E-state index >= 15 is 0 Å². The van der Waals surface area contributed by atoms with Crippen molar-refractivity contribution in [1.29, 1.82) is 0 Å². The summed E-state index contributed by atoms with van der Waals surface area (Å²) in [5, 5.41) is 5.33. The van der Waals surface area contributed by atoms with E-state index in [0.29, 0.717) is 18.0 Å². The lowest BCUT2D eigenvalue weighted by Crippen LogP contribution is -2.22. The first kappa shape index (κ1) is 19.4. The zero-order valence-corrected chi connectivity index (χ0v) is 14.2. The van der Waals surface area contributed by atoms with Gasteiger partial charge < -0.3 is 15.4 Å². The van der Waals surface area contributed by atoms with Crippen LogP contribution in [0, 0.1) is 0 Å². The summed E-state index contributed by atoms with van der Waals surface area (Å²) >= 11 is 0. The van der Waals surface area contributed by atoms with E-state index in [1.807, 2.05) is 6.92 Å². The Morgan fingerprint density at radius 3 is 2.42 bits per heavy atom. The number of ether oxygens (including phenoxy) is 1. The topological polar surface area (TPSA) is 50.4 Å². The highest BCUT2D eigenvalue weighted by Gasteiger charge is 2.30. The molecule has 0 saturated heterocycles. The predicted molar refractivity (Wildman–Crippen MR) is 95.3 cm³/mol. The molecule has 2 aromatic carbocycles. The molecule has 0 aliphatic heterocycles. The van der Waals surface area contributed by atoms with Crippen LogP contribution in [0.3, 0.4) is 0 Å². The van der Waals surface area contributed by atoms with Gasteiger partial charge in [-0.2, -0.15) is 13.2 Å². The summed E-state index contributed by atoms with van der Waals surface area (Å²) in [7, 11) is 0. The van der Waals surface area contributed by atoms with Gasteiger partial charge in [-0.25, -0.2) is 0 Å². The van der Waals surface area contributed by atoms with Gasteiger partial charge in [0.2, 0.25) is 5.91 Å². The number of nitrogens with one attached hydrogen (secondary N) is 2. The number of halogens is 3. The van der Waals surface area contributed by atoms with Crippen molar-refractivity contribution in [3.05, 3.63) is 66.2 Å². The summed E-state index contributed by atoms with van der Waals surface area (Å²) in [5.41, 5.74) is 0.870. The van der Waals surface area contributed by atoms with Crippen LogP contribution in [0.1, 0.15) is 12.5 Å². The molecule has 0 aliphatic rings. The summed E-state index contributed by atoms with van der Waals surface area (Å²) < 4.78 is 43.5. The molecule has 1 amide bonds. The molecule has 2 aromatic rings. The summed E-state index contributed by atoms with van der Waals surface area (Å²) in [6.07, 6.45) is -4.45. The second-order valence-electron chi connectivity index (χ2n) is 5.75. The van der Waals surface area contributed by atoms with E-state index in [1.165, 1.54) is 12.1 Å². The lowest BCUT2D eigenvalue weighted by Gasteiger charge is -2.11. The van der Waals surface area contributed by atoms with Crippen LogP contribution >= 0.6 is 0 Å². The van der Waals surface area contributed by atoms with Crippen LogP contribution in [0.5, 0.6) is 5.75 Å². The number of hydrogen-bond acceptors (Lipinski definition) is 3. The molecule has 0 aromatic heterocycles. The van der Waals surface area contributed by atoms with Gasteiger partial charge in [-0.1, -0.05) is 12.6 Å². The van der Waals surface area contributed by atoms with E-state index in [-0.39, 0.29) is 12.2 Å². The first-order valence-corrected chi connectivity index (χ1v) is 7.82. The molecular formula is C19H19F3N2O2. The Morgan fingerprint density at radius 1 is 1.12 bits per heavy atom. The zero-order valence-electron chi connectivity index (χ0n) is 14.2. The van der Waals surface area contributed by atoms with Crippen molar-refractivity contribution in [2.24, 2.45) is 0 Å². The van der Waals surface area contributed by atoms with Gasteiger partial charge in [0.05, 0.1) is 12.1 Å². The second kappa shape index (κ2) is 8.42. The van der Waals surface area contributed by atoms with E-state index < -0.39 is 17.6 Å². The van der Waals surface area contributed by atoms with Crippen molar-refractivity contribution < 1.29 is 22.7 Å². The summed E-state index contributed by atoms with van der Waals surface area (Å²) in [6, 6.07) is 11.5. The summed E-state index contributed by atoms with van der Waals surface area (Å²) in [4.78, 5) is 11.9. The fourth-order valence-corrected chi connectivity index (χ4v) is 2.04. The Balaban J connectivity index is 1.86. The van der Waals surface area contributed by atoms with Gasteiger partial charge in [0.25, 0.3) is 0 Å². The molecule has 0 radical (unpaired) electrons. The van der Waals surface area contributed by atoms with Crippen molar-refractivity contribution in [2.45, 2.75) is 13.1 Å². The molecule has 0 bridgehead atoms. The lowest BCUT2D eigenvalue weighted by atomic mass is 10.2. The zero-order chi connectivity index (χ0) is 19.2. The molecule has 138 valence electrons. The molecule has 0 spiro atoms. The van der Waals surface area contributed by atoms with Crippen molar-refractivity contribution in [2.75, 3.05) is 23.8 Å². The fraction of sp³-hybridized carbons (Fsp3) is 0.211. The number of amides is 1. The Morgan fingerprint density at radius 2 is 1.81 bits per heavy atom. The summed E-state index contributed by atoms with van der Waals surface area (Å²) in [6.45, 7) is 5.95. The number of hydrogen-bond donors (Lipinski definition) is 2. The molecule has 4 nitrogen and oxygen atoms in total. The summed E-state index contributed by atoms with van der Waals surface area (Å²) in [5.74, 6) is 0.221. The van der Waals surface area contributed by atoms with Gasteiger partial charge in [0.1, 0.15) is 12.4 Å². The van der Waals surface area contributed by atoms with Gasteiger partial charge in [0.15, 0.2) is 0 Å². The first-order valence-electron chi connectivity index (χ1n) is 7.82. The van der Waals surface area contributed by atoms with Crippen LogP contribution in [0.2, 0.25) is 0 Å². The SMILES string of the molecule is C=C(C)COc1ccc(NCC(=O)Nc2cccc(C(F)(F)F)c2)cc1. The molecular weight excluding hydrogens is 345 g/mol. The van der Waals surface area contributed by atoms with Gasteiger partial charge in [-0.3, -0.25) is 4.79 Å². The normalized spacial score (nSPS) is 10.9. The highest BCUT2D eigenvalue weighted by molar-refractivity contribution is 5.93. The quantitative estimate of drug-likeness (QED) is 0.700. The molecule has 0 aliphatic carbocycles. The van der Waals surface area contributed by atoms with Crippen LogP contribution in [0.4, 0.5) is 24.5 Å². The maximum Gasteiger partial charge on any atom is 0.416 e. The minimum atomic E-state index is -4.45. The molecule has 2 rings (SSSR count). The van der Waals surface area contributed by atoms with E-state index in [0.717, 1.165) is 17.7 Å². The number of rotatable bonds is 7. The van der Waals surface area contributed by atoms with Crippen LogP contribution < -0.4 is 15.4 Å². The number of benzene rings is 2. The average molecular weight is 364 g/mol. The van der Waals surface area contributed by atoms with Crippen molar-refractivity contribution in [1.82, 2.24) is 0 Å². The van der Waals surface area contributed by atoms with E-state index in [1.54, 1.807) is 24.3 Å². The van der Waals surface area contributed by atoms with Gasteiger partial charge in [-0.15, -0.1) is 0 Å². The maximum absolute atomic E-state index is 12.7. The van der Waals surface area contributed by atoms with E-state index in [2.05, 4.69) is 17.2 Å². The monoisotopic (exact) mass is 364 g/mol. The maximum atomic E-state index is 12.7. The third-order valence-corrected chi connectivity index (χ3v) is 3.27. The Labute approximate surface area is 149 Å². The number of carbonyl (C=O) groups excluding carboxylic acids is 1. The molecule has 7 heteroatoms. The highest BCUT2D eigenvalue weighted by Crippen LogP contribution is 2.30. The average Bonchev–Trinajstić information content (AvgIpc) is 2.58. The third-order valence-electron chi connectivity index (χ3n) is 3.27. The predicted octanol–water partition coefficient (Wildman–Crippen LogP) is 4.71. The van der Waals surface area contributed by atoms with Gasteiger partial charge >= 0.3 is 6.18 Å². The van der Waals surface area contributed by atoms with Crippen LogP contribution in [-0.2, 0) is 11.0 Å². The van der Waals surface area contributed by atoms with E-state index in [4.69, 9.17) is 4.74 Å². The minimum absolute atomic E-state index is 0.0811. The number of carbonyl (C=O) groups is 1. The van der Waals surface area contributed by atoms with E-state index in [9.17, 15) is 18.0 Å². The molecule has 0 atom stereocenters. The molecule has 2 N–H and O–H groups in total. The number of alkyl halides is 3. The highest BCUT2D eigenvalue weighted by atomic mass is 19.4. The standard InChI is InChI=1S/C19H19F3N2O2/c1-13(2)12-26-17-8-6-15(7-9-17)23-11-18(25)24-16-5-3-4-14(10-16)19(20,21)22/h3-10,23H,1,11-12H2,2H3,(H,24,25). The molecule has 26 heavy (non-hydrogen) atoms. The lowest BCUT2D eigenvalue weighted by molar-refractivity contribution is -0.137.